The Morgan fingerprint density at radius 3 is 2.60 bits per heavy atom. The van der Waals surface area contributed by atoms with Crippen molar-refractivity contribution in [1.82, 2.24) is 4.90 Å². The SMILES string of the molecule is CN(C)C1N=CC=CN1c1ccccc1. The summed E-state index contributed by atoms with van der Waals surface area (Å²) >= 11 is 0. The Hall–Kier alpha value is -1.61. The van der Waals surface area contributed by atoms with E-state index in [-0.39, 0.29) is 6.29 Å². The smallest absolute Gasteiger partial charge is 0.181 e. The summed E-state index contributed by atoms with van der Waals surface area (Å²) in [5, 5.41) is 0. The molecule has 1 heterocycles. The molecule has 0 radical (unpaired) electrons. The lowest BCUT2D eigenvalue weighted by Gasteiger charge is -2.33. The molecule has 15 heavy (non-hydrogen) atoms. The highest BCUT2D eigenvalue weighted by atomic mass is 15.4. The molecule has 0 aliphatic carbocycles. The standard InChI is InChI=1S/C12H15N3/c1-14(2)12-13-9-6-10-15(12)11-7-4-3-5-8-11/h3-10,12H,1-2H3. The number of nitrogens with zero attached hydrogens (tertiary/aromatic N) is 3. The van der Waals surface area contributed by atoms with Crippen LogP contribution in [0.15, 0.2) is 47.6 Å². The van der Waals surface area contributed by atoms with Crippen LogP contribution in [0.4, 0.5) is 5.69 Å². The molecule has 0 amide bonds. The second kappa shape index (κ2) is 4.28. The number of anilines is 1. The molecule has 0 spiro atoms. The molecule has 1 aromatic rings. The molecule has 3 nitrogen and oxygen atoms in total. The van der Waals surface area contributed by atoms with E-state index in [4.69, 9.17) is 0 Å². The number of aliphatic imine (C=N–C) groups is 1. The fourth-order valence-corrected chi connectivity index (χ4v) is 1.61. The maximum atomic E-state index is 4.43. The molecule has 78 valence electrons. The van der Waals surface area contributed by atoms with Crippen LogP contribution < -0.4 is 4.90 Å². The summed E-state index contributed by atoms with van der Waals surface area (Å²) in [6, 6.07) is 10.3. The van der Waals surface area contributed by atoms with E-state index in [9.17, 15) is 0 Å². The number of benzene rings is 1. The molecule has 0 bridgehead atoms. The quantitative estimate of drug-likeness (QED) is 0.728. The first kappa shape index (κ1) is 9.93. The lowest BCUT2D eigenvalue weighted by molar-refractivity contribution is 0.305. The predicted molar refractivity (Wildman–Crippen MR) is 64.0 cm³/mol. The van der Waals surface area contributed by atoms with Crippen molar-refractivity contribution in [3.05, 3.63) is 42.6 Å². The van der Waals surface area contributed by atoms with Gasteiger partial charge >= 0.3 is 0 Å². The van der Waals surface area contributed by atoms with Gasteiger partial charge in [0, 0.05) is 18.1 Å². The second-order valence-corrected chi connectivity index (χ2v) is 3.69. The van der Waals surface area contributed by atoms with Gasteiger partial charge in [0.25, 0.3) is 0 Å². The Labute approximate surface area is 90.3 Å². The minimum Gasteiger partial charge on any atom is -0.313 e. The van der Waals surface area contributed by atoms with Crippen molar-refractivity contribution in [3.63, 3.8) is 0 Å². The molecule has 1 aromatic carbocycles. The summed E-state index contributed by atoms with van der Waals surface area (Å²) in [4.78, 5) is 8.64. The van der Waals surface area contributed by atoms with E-state index in [0.29, 0.717) is 0 Å². The van der Waals surface area contributed by atoms with E-state index in [0.717, 1.165) is 5.69 Å². The summed E-state index contributed by atoms with van der Waals surface area (Å²) in [6.07, 6.45) is 5.89. The van der Waals surface area contributed by atoms with Crippen LogP contribution in [0.1, 0.15) is 0 Å². The van der Waals surface area contributed by atoms with Crippen molar-refractivity contribution in [3.8, 4) is 0 Å². The highest BCUT2D eigenvalue weighted by Crippen LogP contribution is 2.20. The molecule has 0 fully saturated rings. The number of allylic oxidation sites excluding steroid dienone is 1. The fraction of sp³-hybridized carbons (Fsp3) is 0.250. The largest absolute Gasteiger partial charge is 0.313 e. The molecule has 1 aliphatic heterocycles. The van der Waals surface area contributed by atoms with Gasteiger partial charge in [0.1, 0.15) is 0 Å². The molecule has 0 N–H and O–H groups in total. The third kappa shape index (κ3) is 2.07. The third-order valence-corrected chi connectivity index (χ3v) is 2.32. The zero-order chi connectivity index (χ0) is 10.7. The van der Waals surface area contributed by atoms with Gasteiger partial charge in [-0.05, 0) is 32.3 Å². The molecule has 2 rings (SSSR count). The zero-order valence-corrected chi connectivity index (χ0v) is 9.04. The van der Waals surface area contributed by atoms with Crippen molar-refractivity contribution >= 4 is 11.9 Å². The van der Waals surface area contributed by atoms with Gasteiger partial charge < -0.3 is 4.90 Å². The average Bonchev–Trinajstić information content (AvgIpc) is 2.30. The fourth-order valence-electron chi connectivity index (χ4n) is 1.61. The lowest BCUT2D eigenvalue weighted by atomic mass is 10.3. The minimum atomic E-state index is 0.0531. The Morgan fingerprint density at radius 2 is 1.93 bits per heavy atom. The van der Waals surface area contributed by atoms with Crippen LogP contribution in [0.3, 0.4) is 0 Å². The number of hydrogen-bond donors (Lipinski definition) is 0. The van der Waals surface area contributed by atoms with E-state index in [1.165, 1.54) is 0 Å². The number of para-hydroxylation sites is 1. The predicted octanol–water partition coefficient (Wildman–Crippen LogP) is 1.94. The van der Waals surface area contributed by atoms with Crippen molar-refractivity contribution < 1.29 is 0 Å². The van der Waals surface area contributed by atoms with Gasteiger partial charge in [0.15, 0.2) is 6.29 Å². The first-order valence-corrected chi connectivity index (χ1v) is 4.99. The Kier molecular flexibility index (Phi) is 2.83. The third-order valence-electron chi connectivity index (χ3n) is 2.32. The van der Waals surface area contributed by atoms with Crippen LogP contribution in [-0.4, -0.2) is 31.5 Å². The van der Waals surface area contributed by atoms with E-state index < -0.39 is 0 Å². The molecule has 0 aromatic heterocycles. The maximum absolute atomic E-state index is 4.43. The van der Waals surface area contributed by atoms with Crippen LogP contribution in [-0.2, 0) is 0 Å². The highest BCUT2D eigenvalue weighted by molar-refractivity contribution is 5.74. The van der Waals surface area contributed by atoms with Gasteiger partial charge in [-0.1, -0.05) is 18.2 Å². The molecule has 1 atom stereocenters. The average molecular weight is 201 g/mol. The van der Waals surface area contributed by atoms with Crippen LogP contribution in [0.2, 0.25) is 0 Å². The van der Waals surface area contributed by atoms with Gasteiger partial charge in [-0.15, -0.1) is 0 Å². The minimum absolute atomic E-state index is 0.0531. The Balaban J connectivity index is 2.28. The van der Waals surface area contributed by atoms with E-state index in [1.807, 2.05) is 50.8 Å². The topological polar surface area (TPSA) is 18.8 Å². The molecule has 1 unspecified atom stereocenters. The van der Waals surface area contributed by atoms with E-state index in [2.05, 4.69) is 26.9 Å². The van der Waals surface area contributed by atoms with Gasteiger partial charge in [-0.25, -0.2) is 0 Å². The number of rotatable bonds is 2. The highest BCUT2D eigenvalue weighted by Gasteiger charge is 2.18. The van der Waals surface area contributed by atoms with Crippen LogP contribution in [0.5, 0.6) is 0 Å². The molecule has 0 saturated heterocycles. The van der Waals surface area contributed by atoms with E-state index in [1.54, 1.807) is 0 Å². The second-order valence-electron chi connectivity index (χ2n) is 3.69. The van der Waals surface area contributed by atoms with Crippen LogP contribution >= 0.6 is 0 Å². The first-order chi connectivity index (χ1) is 7.29. The summed E-state index contributed by atoms with van der Waals surface area (Å²) in [5.74, 6) is 0. The van der Waals surface area contributed by atoms with Crippen molar-refractivity contribution in [1.29, 1.82) is 0 Å². The summed E-state index contributed by atoms with van der Waals surface area (Å²) < 4.78 is 0. The van der Waals surface area contributed by atoms with Crippen molar-refractivity contribution in [2.75, 3.05) is 19.0 Å². The Morgan fingerprint density at radius 1 is 1.20 bits per heavy atom. The maximum Gasteiger partial charge on any atom is 0.181 e. The van der Waals surface area contributed by atoms with Gasteiger partial charge in [-0.3, -0.25) is 9.89 Å². The van der Waals surface area contributed by atoms with Gasteiger partial charge in [0.2, 0.25) is 0 Å². The zero-order valence-electron chi connectivity index (χ0n) is 9.04. The molecular weight excluding hydrogens is 186 g/mol. The van der Waals surface area contributed by atoms with Crippen LogP contribution in [0.25, 0.3) is 0 Å². The monoisotopic (exact) mass is 201 g/mol. The molecule has 0 saturated carbocycles. The van der Waals surface area contributed by atoms with Crippen LogP contribution in [0, 0.1) is 0 Å². The molecule has 1 aliphatic rings. The first-order valence-electron chi connectivity index (χ1n) is 4.99. The normalized spacial score (nSPS) is 19.9. The summed E-state index contributed by atoms with van der Waals surface area (Å²) in [5.41, 5.74) is 1.16. The summed E-state index contributed by atoms with van der Waals surface area (Å²) in [7, 11) is 4.05. The lowest BCUT2D eigenvalue weighted by Crippen LogP contribution is -2.42. The van der Waals surface area contributed by atoms with Gasteiger partial charge in [0.05, 0.1) is 0 Å². The molecular formula is C12H15N3. The van der Waals surface area contributed by atoms with Gasteiger partial charge in [-0.2, -0.15) is 0 Å². The van der Waals surface area contributed by atoms with Crippen molar-refractivity contribution in [2.24, 2.45) is 4.99 Å². The molecule has 3 heteroatoms. The summed E-state index contributed by atoms with van der Waals surface area (Å²) in [6.45, 7) is 0. The van der Waals surface area contributed by atoms with Crippen molar-refractivity contribution in [2.45, 2.75) is 6.29 Å². The number of hydrogen-bond acceptors (Lipinski definition) is 3. The Bertz CT molecular complexity index is 368. The van der Waals surface area contributed by atoms with E-state index >= 15 is 0 Å².